The second kappa shape index (κ2) is 16.2. The molecule has 48 heavy (non-hydrogen) atoms. The largest absolute Gasteiger partial charge is 0.465 e. The van der Waals surface area contributed by atoms with E-state index in [4.69, 9.17) is 25.5 Å². The van der Waals surface area contributed by atoms with Gasteiger partial charge in [-0.3, -0.25) is 19.1 Å². The van der Waals surface area contributed by atoms with E-state index in [0.29, 0.717) is 5.82 Å². The number of nitrogens with two attached hydrogens (primary N) is 2. The maximum Gasteiger partial charge on any atom is 0.342 e. The van der Waals surface area contributed by atoms with Crippen LogP contribution < -0.4 is 26.5 Å². The predicted octanol–water partition coefficient (Wildman–Crippen LogP) is 2.27. The van der Waals surface area contributed by atoms with Crippen LogP contribution in [0.5, 0.6) is 0 Å². The molecule has 1 heterocycles. The zero-order valence-electron chi connectivity index (χ0n) is 29.5. The highest BCUT2D eigenvalue weighted by molar-refractivity contribution is 7.54. The summed E-state index contributed by atoms with van der Waals surface area (Å²) in [6, 6.07) is -2.02. The molecule has 0 radical (unpaired) electrons. The number of aromatic nitrogens is 2. The molecule has 0 saturated heterocycles. The smallest absolute Gasteiger partial charge is 0.342 e. The van der Waals surface area contributed by atoms with Crippen LogP contribution in [0, 0.1) is 35.5 Å². The number of nitrogens with one attached hydrogen (secondary N) is 2. The Labute approximate surface area is 283 Å². The standard InChI is InChI=1S/C31H55N8O8P/c1-10-45-28(41)21(12-16(3)4)37-48(44,38-22(13-17(5)6)29(42)46-11-2)47-15-19-18(7)23-20(31(23,43)25(19)40)14-34-24-26(32)35-30(33)36-27(24)39(8)9/h14,16-23,25,40,43H,10-13,15H2,1-9H3,(H2,37,38,44)(H4,32,33,35,36)/t18?,19?,20?,21-,22-,23?,25?,31?/m0/s1. The third kappa shape index (κ3) is 9.01. The van der Waals surface area contributed by atoms with Gasteiger partial charge in [0.15, 0.2) is 11.6 Å². The summed E-state index contributed by atoms with van der Waals surface area (Å²) in [6.45, 7) is 12.8. The van der Waals surface area contributed by atoms with Crippen LogP contribution in [0.3, 0.4) is 0 Å². The Balaban J connectivity index is 1.85. The normalized spacial score (nSPS) is 26.5. The van der Waals surface area contributed by atoms with Crippen molar-refractivity contribution in [2.24, 2.45) is 40.5 Å². The Morgan fingerprint density at radius 1 is 1.04 bits per heavy atom. The van der Waals surface area contributed by atoms with Gasteiger partial charge in [-0.1, -0.05) is 34.6 Å². The number of ether oxygens (including phenoxy) is 2. The van der Waals surface area contributed by atoms with Gasteiger partial charge in [0.2, 0.25) is 5.95 Å². The highest BCUT2D eigenvalue weighted by Gasteiger charge is 2.76. The molecule has 272 valence electrons. The zero-order chi connectivity index (χ0) is 36.1. The van der Waals surface area contributed by atoms with Gasteiger partial charge in [0.05, 0.1) is 25.9 Å². The van der Waals surface area contributed by atoms with E-state index in [-0.39, 0.29) is 73.8 Å². The maximum absolute atomic E-state index is 14.6. The lowest BCUT2D eigenvalue weighted by molar-refractivity contribution is -0.146. The van der Waals surface area contributed by atoms with Gasteiger partial charge in [0.25, 0.3) is 0 Å². The molecule has 0 bridgehead atoms. The number of hydrogen-bond acceptors (Lipinski definition) is 14. The summed E-state index contributed by atoms with van der Waals surface area (Å²) in [5.41, 5.74) is 10.6. The molecule has 8 N–H and O–H groups in total. The molecule has 0 amide bonds. The molecule has 3 rings (SSSR count). The Hall–Kier alpha value is -2.88. The number of aliphatic hydroxyl groups is 2. The van der Waals surface area contributed by atoms with Gasteiger partial charge in [-0.25, -0.2) is 10.2 Å². The molecule has 1 aromatic heterocycles. The monoisotopic (exact) mass is 698 g/mol. The van der Waals surface area contributed by atoms with Crippen LogP contribution >= 0.6 is 7.67 Å². The number of anilines is 3. The molecule has 2 saturated carbocycles. The molecule has 2 aliphatic rings. The lowest BCUT2D eigenvalue weighted by atomic mass is 9.89. The average Bonchev–Trinajstić information content (AvgIpc) is 3.53. The molecule has 8 atom stereocenters. The average molecular weight is 699 g/mol. The summed E-state index contributed by atoms with van der Waals surface area (Å²) in [6.07, 6.45) is 0.849. The minimum Gasteiger partial charge on any atom is -0.465 e. The zero-order valence-corrected chi connectivity index (χ0v) is 30.4. The van der Waals surface area contributed by atoms with Crippen molar-refractivity contribution < 1.29 is 38.4 Å². The van der Waals surface area contributed by atoms with Crippen molar-refractivity contribution in [3.8, 4) is 0 Å². The van der Waals surface area contributed by atoms with E-state index in [0.717, 1.165) is 0 Å². The predicted molar refractivity (Wildman–Crippen MR) is 184 cm³/mol. The van der Waals surface area contributed by atoms with Crippen LogP contribution in [0.4, 0.5) is 23.3 Å². The fourth-order valence-electron chi connectivity index (χ4n) is 6.56. The topological polar surface area (TPSA) is 237 Å². The van der Waals surface area contributed by atoms with Gasteiger partial charge < -0.3 is 40.6 Å². The van der Waals surface area contributed by atoms with Crippen LogP contribution in [0.2, 0.25) is 0 Å². The van der Waals surface area contributed by atoms with E-state index in [1.807, 2.05) is 34.6 Å². The number of nitrogens with zero attached hydrogens (tertiary/aromatic N) is 4. The van der Waals surface area contributed by atoms with Crippen LogP contribution in [0.1, 0.15) is 61.3 Å². The number of carbonyl (C=O) groups excluding carboxylic acids is 2. The van der Waals surface area contributed by atoms with E-state index >= 15 is 0 Å². The number of rotatable bonds is 18. The van der Waals surface area contributed by atoms with Crippen molar-refractivity contribution in [3.05, 3.63) is 0 Å². The molecule has 17 heteroatoms. The van der Waals surface area contributed by atoms with Crippen molar-refractivity contribution in [2.75, 3.05) is 50.3 Å². The van der Waals surface area contributed by atoms with Gasteiger partial charge in [-0.2, -0.15) is 9.97 Å². The maximum atomic E-state index is 14.6. The molecule has 2 aliphatic carbocycles. The molecular formula is C31H55N8O8P. The van der Waals surface area contributed by atoms with Gasteiger partial charge in [-0.15, -0.1) is 0 Å². The van der Waals surface area contributed by atoms with Crippen LogP contribution in [-0.4, -0.2) is 96.0 Å². The second-order valence-corrected chi connectivity index (χ2v) is 15.6. The first-order valence-corrected chi connectivity index (χ1v) is 18.2. The van der Waals surface area contributed by atoms with Crippen molar-refractivity contribution in [1.29, 1.82) is 0 Å². The van der Waals surface area contributed by atoms with Crippen molar-refractivity contribution >= 4 is 49.1 Å². The van der Waals surface area contributed by atoms with E-state index in [1.165, 1.54) is 0 Å². The van der Waals surface area contributed by atoms with E-state index in [1.54, 1.807) is 39.1 Å². The summed E-state index contributed by atoms with van der Waals surface area (Å²) in [4.78, 5) is 40.2. The van der Waals surface area contributed by atoms with Gasteiger partial charge in [-0.05, 0) is 44.4 Å². The first-order chi connectivity index (χ1) is 22.4. The lowest BCUT2D eigenvalue weighted by Crippen LogP contribution is -2.46. The Bertz CT molecular complexity index is 1330. The quantitative estimate of drug-likeness (QED) is 0.0733. The lowest BCUT2D eigenvalue weighted by Gasteiger charge is -2.32. The third-order valence-electron chi connectivity index (χ3n) is 8.82. The molecule has 2 fully saturated rings. The molecule has 16 nitrogen and oxygen atoms in total. The second-order valence-electron chi connectivity index (χ2n) is 13.7. The third-order valence-corrected chi connectivity index (χ3v) is 10.6. The van der Waals surface area contributed by atoms with E-state index < -0.39 is 55.2 Å². The minimum absolute atomic E-state index is 0.000731. The Kier molecular flexibility index (Phi) is 13.4. The highest BCUT2D eigenvalue weighted by Crippen LogP contribution is 2.65. The van der Waals surface area contributed by atoms with Crippen LogP contribution in [0.25, 0.3) is 0 Å². The van der Waals surface area contributed by atoms with Crippen LogP contribution in [-0.2, 0) is 28.2 Å². The highest BCUT2D eigenvalue weighted by atomic mass is 31.2. The number of carbonyl (C=O) groups is 2. The summed E-state index contributed by atoms with van der Waals surface area (Å²) in [7, 11) is -0.672. The number of fused-ring (bicyclic) bond motifs is 1. The Morgan fingerprint density at radius 2 is 1.56 bits per heavy atom. The number of nitrogen functional groups attached to an aromatic ring is 2. The van der Waals surface area contributed by atoms with E-state index in [9.17, 15) is 24.4 Å². The first-order valence-electron chi connectivity index (χ1n) is 16.6. The minimum atomic E-state index is -4.19. The molecule has 6 unspecified atom stereocenters. The summed E-state index contributed by atoms with van der Waals surface area (Å²) in [5.74, 6) is -2.50. The van der Waals surface area contributed by atoms with Crippen molar-refractivity contribution in [1.82, 2.24) is 20.1 Å². The number of aliphatic imine (C=N–C) groups is 1. The molecular weight excluding hydrogens is 643 g/mol. The van der Waals surface area contributed by atoms with Crippen molar-refractivity contribution in [3.63, 3.8) is 0 Å². The summed E-state index contributed by atoms with van der Waals surface area (Å²) < 4.78 is 31.1. The van der Waals surface area contributed by atoms with Crippen molar-refractivity contribution in [2.45, 2.75) is 85.1 Å². The van der Waals surface area contributed by atoms with Gasteiger partial charge in [0, 0.05) is 38.1 Å². The summed E-state index contributed by atoms with van der Waals surface area (Å²) >= 11 is 0. The molecule has 1 aromatic rings. The Morgan fingerprint density at radius 3 is 1.98 bits per heavy atom. The molecule has 0 aromatic carbocycles. The van der Waals surface area contributed by atoms with E-state index in [2.05, 4.69) is 25.1 Å². The number of esters is 2. The van der Waals surface area contributed by atoms with Gasteiger partial charge in [0.1, 0.15) is 23.4 Å². The molecule has 0 spiro atoms. The first kappa shape index (κ1) is 39.6. The molecule has 0 aliphatic heterocycles. The fraction of sp³-hybridized carbons (Fsp3) is 0.774. The number of hydrogen-bond donors (Lipinski definition) is 6. The number of aliphatic hydroxyl groups excluding tert-OH is 1. The summed E-state index contributed by atoms with van der Waals surface area (Å²) in [5, 5.41) is 28.7. The SMILES string of the molecule is CCOC(=O)[C@H](CC(C)C)NP(=O)(N[C@@H](CC(C)C)C(=O)OCC)OCC1C(C)C2C(C=Nc3c(N)nc(N)nc3N(C)C)C2(O)C1O. The van der Waals surface area contributed by atoms with Gasteiger partial charge >= 0.3 is 19.6 Å². The fourth-order valence-corrected chi connectivity index (χ4v) is 8.40. The van der Waals surface area contributed by atoms with Crippen LogP contribution in [0.15, 0.2) is 4.99 Å².